The van der Waals surface area contributed by atoms with Gasteiger partial charge in [0.05, 0.1) is 5.69 Å². The first kappa shape index (κ1) is 14.5. The van der Waals surface area contributed by atoms with Gasteiger partial charge in [0.2, 0.25) is 0 Å². The molecule has 1 aromatic heterocycles. The van der Waals surface area contributed by atoms with Crippen molar-refractivity contribution in [2.45, 2.75) is 6.54 Å². The highest BCUT2D eigenvalue weighted by molar-refractivity contribution is 5.94. The number of pyridine rings is 1. The van der Waals surface area contributed by atoms with Crippen LogP contribution in [-0.2, 0) is 6.54 Å². The van der Waals surface area contributed by atoms with Crippen molar-refractivity contribution in [3.63, 3.8) is 0 Å². The summed E-state index contributed by atoms with van der Waals surface area (Å²) >= 11 is 0. The Balaban J connectivity index is 1.64. The molecular weight excluding hydrogens is 278 g/mol. The van der Waals surface area contributed by atoms with Crippen molar-refractivity contribution in [3.05, 3.63) is 59.9 Å². The van der Waals surface area contributed by atoms with Crippen LogP contribution >= 0.6 is 0 Å². The Morgan fingerprint density at radius 3 is 2.50 bits per heavy atom. The summed E-state index contributed by atoms with van der Waals surface area (Å²) in [5, 5.41) is 9.27. The van der Waals surface area contributed by atoms with E-state index in [0.29, 0.717) is 0 Å². The number of hydrogen-bond acceptors (Lipinski definition) is 4. The first-order valence-electron chi connectivity index (χ1n) is 7.42. The van der Waals surface area contributed by atoms with Crippen LogP contribution in [0, 0.1) is 0 Å². The first-order valence-corrected chi connectivity index (χ1v) is 7.42. The minimum absolute atomic E-state index is 0.277. The van der Waals surface area contributed by atoms with Gasteiger partial charge in [-0.3, -0.25) is 9.88 Å². The third kappa shape index (κ3) is 3.26. The van der Waals surface area contributed by atoms with Crippen molar-refractivity contribution in [2.24, 2.45) is 0 Å². The maximum absolute atomic E-state index is 11.3. The first-order chi connectivity index (χ1) is 10.7. The molecule has 22 heavy (non-hydrogen) atoms. The Kier molecular flexibility index (Phi) is 4.34. The summed E-state index contributed by atoms with van der Waals surface area (Å²) in [5.74, 6) is -0.921. The van der Waals surface area contributed by atoms with Gasteiger partial charge < -0.3 is 10.0 Å². The molecule has 0 spiro atoms. The van der Waals surface area contributed by atoms with Crippen molar-refractivity contribution in [1.29, 1.82) is 0 Å². The van der Waals surface area contributed by atoms with E-state index in [4.69, 9.17) is 0 Å². The third-order valence-electron chi connectivity index (χ3n) is 3.99. The zero-order valence-electron chi connectivity index (χ0n) is 12.4. The van der Waals surface area contributed by atoms with Crippen molar-refractivity contribution >= 4 is 11.7 Å². The lowest BCUT2D eigenvalue weighted by Crippen LogP contribution is -2.46. The highest BCUT2D eigenvalue weighted by Gasteiger charge is 2.21. The topological polar surface area (TPSA) is 56.7 Å². The molecule has 2 heterocycles. The Bertz CT molecular complexity index is 637. The summed E-state index contributed by atoms with van der Waals surface area (Å²) in [6, 6.07) is 12.2. The van der Waals surface area contributed by atoms with E-state index in [1.807, 2.05) is 6.07 Å². The monoisotopic (exact) mass is 297 g/mol. The van der Waals surface area contributed by atoms with E-state index in [9.17, 15) is 9.90 Å². The van der Waals surface area contributed by atoms with E-state index in [-0.39, 0.29) is 5.56 Å². The Morgan fingerprint density at radius 1 is 1.09 bits per heavy atom. The fraction of sp³-hybridized carbons (Fsp3) is 0.294. The molecule has 3 rings (SSSR count). The standard InChI is InChI=1S/C17H19N3O2/c21-17(22)15-12-18-7-6-16(15)20-10-8-19(9-11-20)13-14-4-2-1-3-5-14/h1-7,12H,8-11,13H2,(H,21,22). The van der Waals surface area contributed by atoms with Gasteiger partial charge in [0, 0.05) is 45.1 Å². The van der Waals surface area contributed by atoms with E-state index in [1.165, 1.54) is 11.8 Å². The Labute approximate surface area is 129 Å². The number of anilines is 1. The number of aromatic nitrogens is 1. The largest absolute Gasteiger partial charge is 0.478 e. The molecule has 0 unspecified atom stereocenters. The molecular formula is C17H19N3O2. The van der Waals surface area contributed by atoms with Crippen LogP contribution in [0.1, 0.15) is 15.9 Å². The number of carbonyl (C=O) groups is 1. The van der Waals surface area contributed by atoms with Crippen LogP contribution in [0.5, 0.6) is 0 Å². The van der Waals surface area contributed by atoms with Crippen LogP contribution in [0.3, 0.4) is 0 Å². The molecule has 1 aliphatic heterocycles. The normalized spacial score (nSPS) is 15.7. The van der Waals surface area contributed by atoms with Gasteiger partial charge in [-0.2, -0.15) is 0 Å². The Hall–Kier alpha value is -2.40. The molecule has 0 atom stereocenters. The molecule has 5 nitrogen and oxygen atoms in total. The molecule has 5 heteroatoms. The van der Waals surface area contributed by atoms with Gasteiger partial charge in [0.25, 0.3) is 0 Å². The lowest BCUT2D eigenvalue weighted by molar-refractivity contribution is 0.0697. The molecule has 0 aliphatic carbocycles. The minimum Gasteiger partial charge on any atom is -0.478 e. The predicted molar refractivity (Wildman–Crippen MR) is 85.1 cm³/mol. The highest BCUT2D eigenvalue weighted by Crippen LogP contribution is 2.21. The fourth-order valence-electron chi connectivity index (χ4n) is 2.82. The summed E-state index contributed by atoms with van der Waals surface area (Å²) in [6.07, 6.45) is 3.08. The van der Waals surface area contributed by atoms with Crippen molar-refractivity contribution in [1.82, 2.24) is 9.88 Å². The molecule has 1 fully saturated rings. The van der Waals surface area contributed by atoms with Crippen LogP contribution in [0.15, 0.2) is 48.8 Å². The maximum Gasteiger partial charge on any atom is 0.339 e. The van der Waals surface area contributed by atoms with E-state index in [1.54, 1.807) is 12.3 Å². The summed E-state index contributed by atoms with van der Waals surface area (Å²) in [4.78, 5) is 19.7. The van der Waals surface area contributed by atoms with Crippen molar-refractivity contribution in [3.8, 4) is 0 Å². The van der Waals surface area contributed by atoms with E-state index < -0.39 is 5.97 Å². The number of hydrogen-bond donors (Lipinski definition) is 1. The zero-order chi connectivity index (χ0) is 15.4. The van der Waals surface area contributed by atoms with Crippen molar-refractivity contribution < 1.29 is 9.90 Å². The van der Waals surface area contributed by atoms with E-state index >= 15 is 0 Å². The number of rotatable bonds is 4. The summed E-state index contributed by atoms with van der Waals surface area (Å²) < 4.78 is 0. The summed E-state index contributed by atoms with van der Waals surface area (Å²) in [6.45, 7) is 4.46. The second kappa shape index (κ2) is 6.58. The Morgan fingerprint density at radius 2 is 1.82 bits per heavy atom. The van der Waals surface area contributed by atoms with E-state index in [2.05, 4.69) is 39.0 Å². The molecule has 114 valence electrons. The smallest absolute Gasteiger partial charge is 0.339 e. The van der Waals surface area contributed by atoms with Gasteiger partial charge in [-0.05, 0) is 11.6 Å². The van der Waals surface area contributed by atoms with Gasteiger partial charge in [-0.15, -0.1) is 0 Å². The summed E-state index contributed by atoms with van der Waals surface area (Å²) in [7, 11) is 0. The minimum atomic E-state index is -0.921. The summed E-state index contributed by atoms with van der Waals surface area (Å²) in [5.41, 5.74) is 2.35. The maximum atomic E-state index is 11.3. The van der Waals surface area contributed by atoms with Crippen LogP contribution < -0.4 is 4.90 Å². The molecule has 0 radical (unpaired) electrons. The van der Waals surface area contributed by atoms with E-state index in [0.717, 1.165) is 38.4 Å². The number of nitrogens with zero attached hydrogens (tertiary/aromatic N) is 3. The molecule has 1 aliphatic rings. The van der Waals surface area contributed by atoms with Gasteiger partial charge in [-0.1, -0.05) is 30.3 Å². The fourth-order valence-corrected chi connectivity index (χ4v) is 2.82. The molecule has 1 aromatic carbocycles. The van der Waals surface area contributed by atoms with Crippen molar-refractivity contribution in [2.75, 3.05) is 31.1 Å². The molecule has 1 N–H and O–H groups in total. The average Bonchev–Trinajstić information content (AvgIpc) is 2.56. The quantitative estimate of drug-likeness (QED) is 0.936. The highest BCUT2D eigenvalue weighted by atomic mass is 16.4. The van der Waals surface area contributed by atoms with Crippen LogP contribution in [-0.4, -0.2) is 47.1 Å². The number of aromatic carboxylic acids is 1. The van der Waals surface area contributed by atoms with Crippen LogP contribution in [0.2, 0.25) is 0 Å². The van der Waals surface area contributed by atoms with Gasteiger partial charge in [-0.25, -0.2) is 4.79 Å². The van der Waals surface area contributed by atoms with Gasteiger partial charge in [0.1, 0.15) is 5.56 Å². The number of benzene rings is 1. The third-order valence-corrected chi connectivity index (χ3v) is 3.99. The predicted octanol–water partition coefficient (Wildman–Crippen LogP) is 2.10. The SMILES string of the molecule is O=C(O)c1cnccc1N1CCN(Cc2ccccc2)CC1. The molecule has 1 saturated heterocycles. The van der Waals surface area contributed by atoms with Crippen LogP contribution in [0.4, 0.5) is 5.69 Å². The molecule has 0 bridgehead atoms. The molecule has 2 aromatic rings. The second-order valence-corrected chi connectivity index (χ2v) is 5.45. The lowest BCUT2D eigenvalue weighted by Gasteiger charge is -2.36. The zero-order valence-corrected chi connectivity index (χ0v) is 12.4. The van der Waals surface area contributed by atoms with Gasteiger partial charge >= 0.3 is 5.97 Å². The van der Waals surface area contributed by atoms with Crippen LogP contribution in [0.25, 0.3) is 0 Å². The number of piperazine rings is 1. The molecule has 0 saturated carbocycles. The second-order valence-electron chi connectivity index (χ2n) is 5.45. The number of carboxylic acids is 1. The van der Waals surface area contributed by atoms with Gasteiger partial charge in [0.15, 0.2) is 0 Å². The average molecular weight is 297 g/mol. The lowest BCUT2D eigenvalue weighted by atomic mass is 10.1. The molecule has 0 amide bonds. The number of carboxylic acid groups (broad SMARTS) is 1.